The van der Waals surface area contributed by atoms with Gasteiger partial charge in [-0.1, -0.05) is 0 Å². The lowest BCUT2D eigenvalue weighted by atomic mass is 10.3. The van der Waals surface area contributed by atoms with E-state index in [1.165, 1.54) is 10.6 Å². The summed E-state index contributed by atoms with van der Waals surface area (Å²) in [5.41, 5.74) is 0.820. The highest BCUT2D eigenvalue weighted by Crippen LogP contribution is 2.25. The van der Waals surface area contributed by atoms with Crippen molar-refractivity contribution in [2.45, 2.75) is 19.1 Å². The highest BCUT2D eigenvalue weighted by molar-refractivity contribution is 9.10. The molecule has 0 bridgehead atoms. The highest BCUT2D eigenvalue weighted by Gasteiger charge is 2.27. The number of hydrogen-bond acceptors (Lipinski definition) is 1. The Morgan fingerprint density at radius 3 is 2.61 bits per heavy atom. The average molecular weight is 343 g/mol. The molecule has 18 heavy (non-hydrogen) atoms. The second-order valence-electron chi connectivity index (χ2n) is 3.73. The molecular weight excluding hydrogens is 336 g/mol. The number of benzene rings is 1. The van der Waals surface area contributed by atoms with Gasteiger partial charge in [-0.15, -0.1) is 0 Å². The molecule has 2 nitrogen and oxygen atoms in total. The first-order valence-electron chi connectivity index (χ1n) is 4.92. The maximum atomic E-state index is 13.4. The van der Waals surface area contributed by atoms with Gasteiger partial charge < -0.3 is 9.55 Å². The highest BCUT2D eigenvalue weighted by atomic mass is 79.9. The van der Waals surface area contributed by atoms with Gasteiger partial charge in [0.25, 0.3) is 0 Å². The molecule has 0 aliphatic carbocycles. The molecule has 0 aliphatic rings. The van der Waals surface area contributed by atoms with E-state index in [2.05, 4.69) is 20.9 Å². The van der Waals surface area contributed by atoms with Crippen LogP contribution in [0.15, 0.2) is 16.6 Å². The first-order chi connectivity index (χ1) is 8.28. The van der Waals surface area contributed by atoms with Crippen molar-refractivity contribution in [3.63, 3.8) is 0 Å². The number of rotatable bonds is 2. The minimum Gasteiger partial charge on any atom is -0.331 e. The number of alkyl halides is 3. The molecule has 0 amide bonds. The third-order valence-corrected chi connectivity index (χ3v) is 3.37. The van der Waals surface area contributed by atoms with Crippen LogP contribution >= 0.6 is 28.1 Å². The van der Waals surface area contributed by atoms with Crippen LogP contribution in [0.4, 0.5) is 17.6 Å². The van der Waals surface area contributed by atoms with Crippen LogP contribution in [-0.4, -0.2) is 15.7 Å². The average Bonchev–Trinajstić information content (AvgIpc) is 2.51. The van der Waals surface area contributed by atoms with Crippen LogP contribution in [0.3, 0.4) is 0 Å². The standard InChI is InChI=1S/C10H7BrF4N2S/c11-5-3-7-8(4-6(5)12)17(9(18)16-7)2-1-10(13,14)15/h3-4H,1-2H2,(H,16,18). The number of H-pyrrole nitrogens is 1. The summed E-state index contributed by atoms with van der Waals surface area (Å²) in [5.74, 6) is -0.544. The van der Waals surface area contributed by atoms with E-state index in [1.807, 2.05) is 0 Å². The van der Waals surface area contributed by atoms with Gasteiger partial charge in [-0.3, -0.25) is 0 Å². The van der Waals surface area contributed by atoms with E-state index in [0.29, 0.717) is 11.0 Å². The number of fused-ring (bicyclic) bond motifs is 1. The van der Waals surface area contributed by atoms with Crippen molar-refractivity contribution >= 4 is 39.2 Å². The van der Waals surface area contributed by atoms with Gasteiger partial charge in [0.15, 0.2) is 4.77 Å². The number of aromatic amines is 1. The third kappa shape index (κ3) is 2.74. The molecule has 1 aromatic heterocycles. The Hall–Kier alpha value is -0.890. The van der Waals surface area contributed by atoms with Gasteiger partial charge in [-0.25, -0.2) is 4.39 Å². The molecule has 1 N–H and O–H groups in total. The second-order valence-corrected chi connectivity index (χ2v) is 4.97. The van der Waals surface area contributed by atoms with E-state index in [1.54, 1.807) is 0 Å². The molecule has 0 spiro atoms. The number of hydrogen-bond donors (Lipinski definition) is 1. The minimum absolute atomic E-state index is 0.145. The van der Waals surface area contributed by atoms with Crippen molar-refractivity contribution in [1.82, 2.24) is 9.55 Å². The molecule has 0 atom stereocenters. The Balaban J connectivity index is 2.47. The van der Waals surface area contributed by atoms with Crippen molar-refractivity contribution in [3.8, 4) is 0 Å². The van der Waals surface area contributed by atoms with E-state index in [4.69, 9.17) is 12.2 Å². The van der Waals surface area contributed by atoms with Gasteiger partial charge in [0.1, 0.15) is 5.82 Å². The summed E-state index contributed by atoms with van der Waals surface area (Å²) < 4.78 is 51.6. The zero-order valence-electron chi connectivity index (χ0n) is 8.81. The van der Waals surface area contributed by atoms with Crippen molar-refractivity contribution < 1.29 is 17.6 Å². The van der Waals surface area contributed by atoms with E-state index >= 15 is 0 Å². The predicted octanol–water partition coefficient (Wildman–Crippen LogP) is 4.55. The fraction of sp³-hybridized carbons (Fsp3) is 0.300. The second kappa shape index (κ2) is 4.65. The molecule has 0 saturated carbocycles. The normalized spacial score (nSPS) is 12.3. The van der Waals surface area contributed by atoms with Crippen molar-refractivity contribution in [2.24, 2.45) is 0 Å². The van der Waals surface area contributed by atoms with Crippen LogP contribution in [0, 0.1) is 10.6 Å². The number of nitrogens with one attached hydrogen (secondary N) is 1. The van der Waals surface area contributed by atoms with Crippen LogP contribution in [-0.2, 0) is 6.54 Å². The van der Waals surface area contributed by atoms with E-state index < -0.39 is 18.4 Å². The van der Waals surface area contributed by atoms with Crippen LogP contribution in [0.2, 0.25) is 0 Å². The smallest absolute Gasteiger partial charge is 0.331 e. The number of nitrogens with zero attached hydrogens (tertiary/aromatic N) is 1. The summed E-state index contributed by atoms with van der Waals surface area (Å²) in [6.45, 7) is -0.330. The molecule has 1 aromatic carbocycles. The first kappa shape index (κ1) is 13.5. The van der Waals surface area contributed by atoms with Gasteiger partial charge in [-0.2, -0.15) is 13.2 Å². The fourth-order valence-electron chi connectivity index (χ4n) is 1.61. The molecule has 0 radical (unpaired) electrons. The summed E-state index contributed by atoms with van der Waals surface area (Å²) in [7, 11) is 0. The minimum atomic E-state index is -4.27. The van der Waals surface area contributed by atoms with Gasteiger partial charge >= 0.3 is 6.18 Å². The summed E-state index contributed by atoms with van der Waals surface area (Å²) >= 11 is 7.93. The van der Waals surface area contributed by atoms with Crippen molar-refractivity contribution in [1.29, 1.82) is 0 Å². The molecule has 0 unspecified atom stereocenters. The van der Waals surface area contributed by atoms with Crippen LogP contribution in [0.25, 0.3) is 11.0 Å². The largest absolute Gasteiger partial charge is 0.390 e. The number of halogens is 5. The molecule has 8 heteroatoms. The van der Waals surface area contributed by atoms with Crippen molar-refractivity contribution in [2.75, 3.05) is 0 Å². The molecule has 0 saturated heterocycles. The Bertz CT molecular complexity index is 644. The van der Waals surface area contributed by atoms with E-state index in [9.17, 15) is 17.6 Å². The topological polar surface area (TPSA) is 20.7 Å². The Kier molecular flexibility index (Phi) is 3.50. The Morgan fingerprint density at radius 1 is 1.33 bits per heavy atom. The van der Waals surface area contributed by atoms with Crippen LogP contribution < -0.4 is 0 Å². The fourth-order valence-corrected chi connectivity index (χ4v) is 2.26. The van der Waals surface area contributed by atoms with Crippen molar-refractivity contribution in [3.05, 3.63) is 27.2 Å². The van der Waals surface area contributed by atoms with Crippen LogP contribution in [0.1, 0.15) is 6.42 Å². The maximum absolute atomic E-state index is 13.4. The molecular formula is C10H7BrF4N2S. The molecule has 0 aliphatic heterocycles. The third-order valence-electron chi connectivity index (χ3n) is 2.44. The number of aromatic nitrogens is 2. The lowest BCUT2D eigenvalue weighted by Crippen LogP contribution is -2.12. The Morgan fingerprint density at radius 2 is 2.00 bits per heavy atom. The van der Waals surface area contributed by atoms with Gasteiger partial charge in [-0.05, 0) is 34.2 Å². The lowest BCUT2D eigenvalue weighted by Gasteiger charge is -2.08. The maximum Gasteiger partial charge on any atom is 0.390 e. The SMILES string of the molecule is Fc1cc2c(cc1Br)[nH]c(=S)n2CCC(F)(F)F. The van der Waals surface area contributed by atoms with Gasteiger partial charge in [0.2, 0.25) is 0 Å². The molecule has 0 fully saturated rings. The van der Waals surface area contributed by atoms with Gasteiger partial charge in [0.05, 0.1) is 21.9 Å². The molecule has 1 heterocycles. The summed E-state index contributed by atoms with van der Waals surface area (Å²) in [5, 5.41) is 0. The molecule has 2 rings (SSSR count). The monoisotopic (exact) mass is 342 g/mol. The summed E-state index contributed by atoms with van der Waals surface area (Å²) in [4.78, 5) is 2.75. The first-order valence-corrected chi connectivity index (χ1v) is 6.12. The molecule has 2 aromatic rings. The van der Waals surface area contributed by atoms with E-state index in [-0.39, 0.29) is 15.8 Å². The number of aryl methyl sites for hydroxylation is 1. The zero-order chi connectivity index (χ0) is 13.5. The Labute approximate surface area is 113 Å². The summed E-state index contributed by atoms with van der Waals surface area (Å²) in [6, 6.07) is 2.60. The molecule has 98 valence electrons. The van der Waals surface area contributed by atoms with Gasteiger partial charge in [0, 0.05) is 12.6 Å². The number of imidazole rings is 1. The van der Waals surface area contributed by atoms with E-state index in [0.717, 1.165) is 6.07 Å². The lowest BCUT2D eigenvalue weighted by molar-refractivity contribution is -0.136. The predicted molar refractivity (Wildman–Crippen MR) is 65.5 cm³/mol. The summed E-state index contributed by atoms with van der Waals surface area (Å²) in [6.07, 6.45) is -5.28. The quantitative estimate of drug-likeness (QED) is 0.627. The van der Waals surface area contributed by atoms with Crippen LogP contribution in [0.5, 0.6) is 0 Å². The zero-order valence-corrected chi connectivity index (χ0v) is 11.2.